The summed E-state index contributed by atoms with van der Waals surface area (Å²) in [6, 6.07) is 0. The first kappa shape index (κ1) is 46.4. The number of esters is 3. The van der Waals surface area contributed by atoms with Crippen molar-refractivity contribution in [2.24, 2.45) is 5.92 Å². The van der Waals surface area contributed by atoms with Gasteiger partial charge in [-0.1, -0.05) is 188 Å². The van der Waals surface area contributed by atoms with E-state index in [4.69, 9.17) is 14.2 Å². The fourth-order valence-corrected chi connectivity index (χ4v) is 6.10. The lowest BCUT2D eigenvalue weighted by Gasteiger charge is -2.18. The Kier molecular flexibility index (Phi) is 35.5. The lowest BCUT2D eigenvalue weighted by atomic mass is 10.0. The summed E-state index contributed by atoms with van der Waals surface area (Å²) in [4.78, 5) is 37.4. The number of carbonyl (C=O) groups excluding carboxylic acids is 3. The van der Waals surface area contributed by atoms with Gasteiger partial charge in [-0.25, -0.2) is 0 Å². The van der Waals surface area contributed by atoms with Crippen molar-refractivity contribution < 1.29 is 28.6 Å². The van der Waals surface area contributed by atoms with Crippen LogP contribution in [0.4, 0.5) is 0 Å². The quantitative estimate of drug-likeness (QED) is 0.0369. The predicted molar refractivity (Wildman–Crippen MR) is 201 cm³/mol. The van der Waals surface area contributed by atoms with Crippen LogP contribution in [0.2, 0.25) is 0 Å². The molecule has 1 atom stereocenters. The van der Waals surface area contributed by atoms with Gasteiger partial charge in [-0.15, -0.1) is 0 Å². The van der Waals surface area contributed by atoms with E-state index in [2.05, 4.69) is 27.7 Å². The molecule has 0 aromatic carbocycles. The van der Waals surface area contributed by atoms with E-state index in [0.29, 0.717) is 19.3 Å². The molecule has 0 aromatic heterocycles. The summed E-state index contributed by atoms with van der Waals surface area (Å²) in [6.45, 7) is 8.88. The van der Waals surface area contributed by atoms with Crippen LogP contribution in [0.5, 0.6) is 0 Å². The minimum Gasteiger partial charge on any atom is -0.462 e. The summed E-state index contributed by atoms with van der Waals surface area (Å²) in [5.41, 5.74) is 0. The first-order chi connectivity index (χ1) is 23.4. The van der Waals surface area contributed by atoms with E-state index in [1.165, 1.54) is 122 Å². The van der Waals surface area contributed by atoms with Crippen molar-refractivity contribution in [3.8, 4) is 0 Å². The van der Waals surface area contributed by atoms with Crippen molar-refractivity contribution >= 4 is 17.9 Å². The highest BCUT2D eigenvalue weighted by molar-refractivity contribution is 5.71. The van der Waals surface area contributed by atoms with Crippen molar-refractivity contribution in [2.75, 3.05) is 13.2 Å². The SMILES string of the molecule is CCCCCCCCCCCCCCC(=O)OC[C@@H](COC(=O)CCCCCCCCCCC)OC(=O)CCCCCCCCC(C)C. The van der Waals surface area contributed by atoms with E-state index in [1.54, 1.807) is 0 Å². The maximum Gasteiger partial charge on any atom is 0.306 e. The second kappa shape index (κ2) is 36.7. The molecule has 0 amide bonds. The molecule has 0 saturated carbocycles. The summed E-state index contributed by atoms with van der Waals surface area (Å²) in [5, 5.41) is 0. The smallest absolute Gasteiger partial charge is 0.306 e. The van der Waals surface area contributed by atoms with Crippen molar-refractivity contribution in [1.82, 2.24) is 0 Å². The number of rotatable bonds is 37. The highest BCUT2D eigenvalue weighted by atomic mass is 16.6. The Labute approximate surface area is 298 Å². The Morgan fingerprint density at radius 3 is 1.02 bits per heavy atom. The number of hydrogen-bond donors (Lipinski definition) is 0. The minimum absolute atomic E-state index is 0.0655. The fraction of sp³-hybridized carbons (Fsp3) is 0.929. The molecule has 0 aliphatic rings. The predicted octanol–water partition coefficient (Wildman–Crippen LogP) is 12.8. The van der Waals surface area contributed by atoms with E-state index in [-0.39, 0.29) is 31.1 Å². The van der Waals surface area contributed by atoms with Crippen molar-refractivity contribution in [3.05, 3.63) is 0 Å². The van der Waals surface area contributed by atoms with E-state index in [1.807, 2.05) is 0 Å². The second-order valence-corrected chi connectivity index (χ2v) is 14.7. The van der Waals surface area contributed by atoms with Crippen LogP contribution in [-0.2, 0) is 28.6 Å². The summed E-state index contributed by atoms with van der Waals surface area (Å²) >= 11 is 0. The van der Waals surface area contributed by atoms with Crippen molar-refractivity contribution in [3.63, 3.8) is 0 Å². The third kappa shape index (κ3) is 35.7. The molecule has 0 N–H and O–H groups in total. The van der Waals surface area contributed by atoms with Gasteiger partial charge in [-0.3, -0.25) is 14.4 Å². The normalized spacial score (nSPS) is 11.9. The zero-order chi connectivity index (χ0) is 35.3. The number of carbonyl (C=O) groups is 3. The van der Waals surface area contributed by atoms with Gasteiger partial charge in [0.1, 0.15) is 13.2 Å². The van der Waals surface area contributed by atoms with Gasteiger partial charge in [0.25, 0.3) is 0 Å². The Morgan fingerprint density at radius 1 is 0.396 bits per heavy atom. The summed E-state index contributed by atoms with van der Waals surface area (Å²) in [6.07, 6.45) is 33.8. The first-order valence-corrected chi connectivity index (χ1v) is 20.9. The topological polar surface area (TPSA) is 78.9 Å². The van der Waals surface area contributed by atoms with Crippen LogP contribution in [0.15, 0.2) is 0 Å². The third-order valence-electron chi connectivity index (χ3n) is 9.29. The van der Waals surface area contributed by atoms with Gasteiger partial charge in [0.2, 0.25) is 0 Å². The lowest BCUT2D eigenvalue weighted by Crippen LogP contribution is -2.30. The molecule has 6 nitrogen and oxygen atoms in total. The van der Waals surface area contributed by atoms with Crippen LogP contribution in [0.3, 0.4) is 0 Å². The van der Waals surface area contributed by atoms with Crippen molar-refractivity contribution in [2.45, 2.75) is 233 Å². The molecular weight excluding hydrogens is 600 g/mol. The molecule has 0 spiro atoms. The number of unbranched alkanes of at least 4 members (excludes halogenated alkanes) is 24. The summed E-state index contributed by atoms with van der Waals surface area (Å²) in [7, 11) is 0. The monoisotopic (exact) mass is 681 g/mol. The van der Waals surface area contributed by atoms with Crippen LogP contribution in [0, 0.1) is 5.92 Å². The van der Waals surface area contributed by atoms with Crippen LogP contribution in [0.1, 0.15) is 227 Å². The molecule has 6 heteroatoms. The maximum absolute atomic E-state index is 12.6. The average molecular weight is 681 g/mol. The zero-order valence-corrected chi connectivity index (χ0v) is 32.4. The van der Waals surface area contributed by atoms with E-state index in [0.717, 1.165) is 63.7 Å². The number of ether oxygens (including phenoxy) is 3. The van der Waals surface area contributed by atoms with Gasteiger partial charge in [-0.2, -0.15) is 0 Å². The van der Waals surface area contributed by atoms with E-state index < -0.39 is 6.10 Å². The molecule has 0 aliphatic carbocycles. The molecular formula is C42H80O6. The van der Waals surface area contributed by atoms with Crippen LogP contribution < -0.4 is 0 Å². The molecule has 0 heterocycles. The molecule has 0 radical (unpaired) electrons. The second-order valence-electron chi connectivity index (χ2n) is 14.7. The molecule has 0 bridgehead atoms. The van der Waals surface area contributed by atoms with Gasteiger partial charge in [0.15, 0.2) is 6.10 Å². The minimum atomic E-state index is -0.758. The molecule has 48 heavy (non-hydrogen) atoms. The standard InChI is InChI=1S/C42H80O6/c1-5-7-9-11-13-15-16-17-19-21-26-30-34-41(44)47-37-39(48-42(45)35-31-27-23-22-24-28-32-38(3)4)36-46-40(43)33-29-25-20-18-14-12-10-8-6-2/h38-39H,5-37H2,1-4H3/t39-/m1/s1. The lowest BCUT2D eigenvalue weighted by molar-refractivity contribution is -0.167. The molecule has 0 unspecified atom stereocenters. The van der Waals surface area contributed by atoms with Crippen LogP contribution >= 0.6 is 0 Å². The molecule has 0 aromatic rings. The fourth-order valence-electron chi connectivity index (χ4n) is 6.10. The van der Waals surface area contributed by atoms with E-state index >= 15 is 0 Å². The van der Waals surface area contributed by atoms with Crippen LogP contribution in [0.25, 0.3) is 0 Å². The van der Waals surface area contributed by atoms with Crippen molar-refractivity contribution in [1.29, 1.82) is 0 Å². The first-order valence-electron chi connectivity index (χ1n) is 20.9. The largest absolute Gasteiger partial charge is 0.462 e. The average Bonchev–Trinajstić information content (AvgIpc) is 3.06. The maximum atomic E-state index is 12.6. The molecule has 0 saturated heterocycles. The van der Waals surface area contributed by atoms with Gasteiger partial charge in [-0.05, 0) is 25.2 Å². The highest BCUT2D eigenvalue weighted by Gasteiger charge is 2.19. The van der Waals surface area contributed by atoms with Crippen LogP contribution in [-0.4, -0.2) is 37.2 Å². The van der Waals surface area contributed by atoms with Gasteiger partial charge >= 0.3 is 17.9 Å². The Morgan fingerprint density at radius 2 is 0.688 bits per heavy atom. The molecule has 0 fully saturated rings. The van der Waals surface area contributed by atoms with Gasteiger partial charge in [0, 0.05) is 19.3 Å². The van der Waals surface area contributed by atoms with E-state index in [9.17, 15) is 14.4 Å². The Bertz CT molecular complexity index is 721. The molecule has 0 aliphatic heterocycles. The Balaban J connectivity index is 4.32. The summed E-state index contributed by atoms with van der Waals surface area (Å²) < 4.78 is 16.6. The van der Waals surface area contributed by atoms with Gasteiger partial charge in [0.05, 0.1) is 0 Å². The third-order valence-corrected chi connectivity index (χ3v) is 9.29. The molecule has 0 rings (SSSR count). The highest BCUT2D eigenvalue weighted by Crippen LogP contribution is 2.15. The zero-order valence-electron chi connectivity index (χ0n) is 32.4. The molecule has 284 valence electrons. The Hall–Kier alpha value is -1.59. The number of hydrogen-bond acceptors (Lipinski definition) is 6. The summed E-state index contributed by atoms with van der Waals surface area (Å²) in [5.74, 6) is -0.108. The van der Waals surface area contributed by atoms with Gasteiger partial charge < -0.3 is 14.2 Å².